The maximum absolute atomic E-state index is 11.9. The molecule has 106 valence electrons. The lowest BCUT2D eigenvalue weighted by Crippen LogP contribution is -2.40. The maximum atomic E-state index is 11.9. The average Bonchev–Trinajstić information content (AvgIpc) is 2.74. The van der Waals surface area contributed by atoms with E-state index in [1.54, 1.807) is 6.07 Å². The normalized spacial score (nSPS) is 28.1. The molecule has 5 nitrogen and oxygen atoms in total. The zero-order valence-electron chi connectivity index (χ0n) is 11.2. The lowest BCUT2D eigenvalue weighted by Gasteiger charge is -2.35. The van der Waals surface area contributed by atoms with E-state index in [4.69, 9.17) is 10.5 Å². The summed E-state index contributed by atoms with van der Waals surface area (Å²) in [5.41, 5.74) is 6.45. The number of rotatable bonds is 2. The topological polar surface area (TPSA) is 81.4 Å². The summed E-state index contributed by atoms with van der Waals surface area (Å²) in [6, 6.07) is 7.54. The number of amides is 1. The first-order chi connectivity index (χ1) is 9.66. The van der Waals surface area contributed by atoms with Crippen LogP contribution in [0.3, 0.4) is 0 Å². The van der Waals surface area contributed by atoms with Crippen molar-refractivity contribution >= 4 is 11.9 Å². The zero-order valence-corrected chi connectivity index (χ0v) is 11.2. The fourth-order valence-corrected chi connectivity index (χ4v) is 3.31. The van der Waals surface area contributed by atoms with Crippen molar-refractivity contribution in [2.75, 3.05) is 6.67 Å². The van der Waals surface area contributed by atoms with Crippen LogP contribution in [0.5, 0.6) is 0 Å². The molecular weight excluding hydrogens is 256 g/mol. The number of ether oxygens (including phenoxy) is 1. The Bertz CT molecular complexity index is 548. The summed E-state index contributed by atoms with van der Waals surface area (Å²) in [5.74, 6) is -0.277. The number of fused-ring (bicyclic) bond motifs is 2. The van der Waals surface area contributed by atoms with Crippen molar-refractivity contribution in [3.8, 4) is 0 Å². The number of nitrogens with one attached hydrogen (secondary N) is 1. The molecule has 0 radical (unpaired) electrons. The third-order valence-corrected chi connectivity index (χ3v) is 4.37. The van der Waals surface area contributed by atoms with Gasteiger partial charge in [0.05, 0.1) is 12.2 Å². The van der Waals surface area contributed by atoms with Crippen LogP contribution in [0.1, 0.15) is 41.6 Å². The first-order valence-corrected chi connectivity index (χ1v) is 6.97. The first-order valence-electron chi connectivity index (χ1n) is 6.97. The van der Waals surface area contributed by atoms with Crippen molar-refractivity contribution in [3.63, 3.8) is 0 Å². The van der Waals surface area contributed by atoms with Crippen LogP contribution in [0.25, 0.3) is 0 Å². The van der Waals surface area contributed by atoms with Gasteiger partial charge in [-0.1, -0.05) is 18.2 Å². The van der Waals surface area contributed by atoms with Crippen molar-refractivity contribution in [1.82, 2.24) is 5.32 Å². The molecule has 5 heteroatoms. The predicted molar refractivity (Wildman–Crippen MR) is 72.7 cm³/mol. The minimum absolute atomic E-state index is 0.0000383. The van der Waals surface area contributed by atoms with Crippen molar-refractivity contribution in [2.24, 2.45) is 11.7 Å². The molecule has 2 aliphatic rings. The molecule has 3 N–H and O–H groups in total. The Morgan fingerprint density at radius 3 is 2.75 bits per heavy atom. The molecule has 1 aliphatic heterocycles. The fraction of sp³-hybridized carbons (Fsp3) is 0.467. The van der Waals surface area contributed by atoms with E-state index in [-0.39, 0.29) is 24.5 Å². The summed E-state index contributed by atoms with van der Waals surface area (Å²) >= 11 is 0. The average molecular weight is 274 g/mol. The van der Waals surface area contributed by atoms with E-state index in [0.29, 0.717) is 31.2 Å². The van der Waals surface area contributed by atoms with E-state index >= 15 is 0 Å². The third kappa shape index (κ3) is 1.98. The highest BCUT2D eigenvalue weighted by Gasteiger charge is 2.48. The SMILES string of the molecule is NCNC(=O)C1CCC2(CC1)OC(=O)c1ccccc12. The number of hydrogen-bond donors (Lipinski definition) is 2. The molecule has 1 spiro atoms. The van der Waals surface area contributed by atoms with Crippen LogP contribution in [-0.2, 0) is 15.1 Å². The van der Waals surface area contributed by atoms with Gasteiger partial charge < -0.3 is 15.8 Å². The van der Waals surface area contributed by atoms with Crippen LogP contribution in [0.4, 0.5) is 0 Å². The lowest BCUT2D eigenvalue weighted by atomic mass is 9.75. The van der Waals surface area contributed by atoms with E-state index in [0.717, 1.165) is 5.56 Å². The summed E-state index contributed by atoms with van der Waals surface area (Å²) in [7, 11) is 0. The Labute approximate surface area is 117 Å². The first kappa shape index (κ1) is 13.1. The molecule has 1 fully saturated rings. The van der Waals surface area contributed by atoms with Gasteiger partial charge in [-0.05, 0) is 31.7 Å². The smallest absolute Gasteiger partial charge is 0.339 e. The molecule has 3 rings (SSSR count). The number of esters is 1. The number of nitrogens with two attached hydrogens (primary N) is 1. The molecule has 0 atom stereocenters. The molecule has 1 aliphatic carbocycles. The van der Waals surface area contributed by atoms with Crippen molar-refractivity contribution in [1.29, 1.82) is 0 Å². The van der Waals surface area contributed by atoms with E-state index < -0.39 is 5.60 Å². The summed E-state index contributed by atoms with van der Waals surface area (Å²) < 4.78 is 5.65. The fourth-order valence-electron chi connectivity index (χ4n) is 3.31. The van der Waals surface area contributed by atoms with Gasteiger partial charge in [-0.3, -0.25) is 4.79 Å². The summed E-state index contributed by atoms with van der Waals surface area (Å²) in [6.45, 7) is 0.165. The summed E-state index contributed by atoms with van der Waals surface area (Å²) in [5, 5.41) is 2.65. The quantitative estimate of drug-likeness (QED) is 0.628. The van der Waals surface area contributed by atoms with Crippen LogP contribution in [0.2, 0.25) is 0 Å². The van der Waals surface area contributed by atoms with Crippen LogP contribution in [-0.4, -0.2) is 18.5 Å². The summed E-state index contributed by atoms with van der Waals surface area (Å²) in [6.07, 6.45) is 2.82. The predicted octanol–water partition coefficient (Wildman–Crippen LogP) is 1.27. The Hall–Kier alpha value is -1.88. The van der Waals surface area contributed by atoms with E-state index in [9.17, 15) is 9.59 Å². The highest BCUT2D eigenvalue weighted by Crippen LogP contribution is 2.47. The van der Waals surface area contributed by atoms with Gasteiger partial charge in [0.2, 0.25) is 5.91 Å². The van der Waals surface area contributed by atoms with Gasteiger partial charge in [0.1, 0.15) is 5.60 Å². The molecular formula is C15H18N2O3. The van der Waals surface area contributed by atoms with Gasteiger partial charge in [0, 0.05) is 11.5 Å². The van der Waals surface area contributed by atoms with Gasteiger partial charge in [0.25, 0.3) is 0 Å². The molecule has 0 bridgehead atoms. The van der Waals surface area contributed by atoms with Gasteiger partial charge in [0.15, 0.2) is 0 Å². The Morgan fingerprint density at radius 1 is 1.35 bits per heavy atom. The van der Waals surface area contributed by atoms with Crippen molar-refractivity contribution in [3.05, 3.63) is 35.4 Å². The van der Waals surface area contributed by atoms with Gasteiger partial charge in [-0.25, -0.2) is 4.79 Å². The molecule has 0 saturated heterocycles. The number of carbonyl (C=O) groups is 2. The molecule has 0 unspecified atom stereocenters. The third-order valence-electron chi connectivity index (χ3n) is 4.37. The molecule has 1 saturated carbocycles. The largest absolute Gasteiger partial charge is 0.451 e. The summed E-state index contributed by atoms with van der Waals surface area (Å²) in [4.78, 5) is 23.8. The van der Waals surface area contributed by atoms with Crippen LogP contribution >= 0.6 is 0 Å². The Balaban J connectivity index is 1.78. The molecule has 1 amide bonds. The molecule has 0 aromatic heterocycles. The number of carbonyl (C=O) groups excluding carboxylic acids is 2. The second-order valence-corrected chi connectivity index (χ2v) is 5.45. The molecule has 20 heavy (non-hydrogen) atoms. The minimum atomic E-state index is -0.521. The van der Waals surface area contributed by atoms with Gasteiger partial charge in [-0.15, -0.1) is 0 Å². The Kier molecular flexibility index (Phi) is 3.22. The molecule has 1 aromatic carbocycles. The maximum Gasteiger partial charge on any atom is 0.339 e. The molecule has 1 heterocycles. The van der Waals surface area contributed by atoms with Crippen molar-refractivity contribution in [2.45, 2.75) is 31.3 Å². The standard InChI is InChI=1S/C15H18N2O3/c16-9-17-13(18)10-5-7-15(8-6-10)12-4-2-1-3-11(12)14(19)20-15/h1-4,10H,5-9,16H2,(H,17,18). The molecule has 1 aromatic rings. The van der Waals surface area contributed by atoms with Crippen LogP contribution in [0.15, 0.2) is 24.3 Å². The van der Waals surface area contributed by atoms with E-state index in [2.05, 4.69) is 5.32 Å². The van der Waals surface area contributed by atoms with Crippen LogP contribution in [0, 0.1) is 5.92 Å². The Morgan fingerprint density at radius 2 is 2.05 bits per heavy atom. The van der Waals surface area contributed by atoms with Gasteiger partial charge >= 0.3 is 5.97 Å². The second-order valence-electron chi connectivity index (χ2n) is 5.45. The monoisotopic (exact) mass is 274 g/mol. The highest BCUT2D eigenvalue weighted by atomic mass is 16.6. The lowest BCUT2D eigenvalue weighted by molar-refractivity contribution is -0.127. The van der Waals surface area contributed by atoms with Gasteiger partial charge in [-0.2, -0.15) is 0 Å². The minimum Gasteiger partial charge on any atom is -0.451 e. The second kappa shape index (κ2) is 4.90. The van der Waals surface area contributed by atoms with E-state index in [1.165, 1.54) is 0 Å². The van der Waals surface area contributed by atoms with E-state index in [1.807, 2.05) is 18.2 Å². The number of hydrogen-bond acceptors (Lipinski definition) is 4. The zero-order chi connectivity index (χ0) is 14.2. The van der Waals surface area contributed by atoms with Crippen molar-refractivity contribution < 1.29 is 14.3 Å². The van der Waals surface area contributed by atoms with Crippen LogP contribution < -0.4 is 11.1 Å². The highest BCUT2D eigenvalue weighted by molar-refractivity contribution is 5.94. The number of benzene rings is 1.